The molecule has 1 saturated heterocycles. The summed E-state index contributed by atoms with van der Waals surface area (Å²) in [5.41, 5.74) is 0.785. The van der Waals surface area contributed by atoms with Gasteiger partial charge in [-0.3, -0.25) is 4.79 Å². The predicted molar refractivity (Wildman–Crippen MR) is 71.6 cm³/mol. The van der Waals surface area contributed by atoms with E-state index >= 15 is 0 Å². The third-order valence-electron chi connectivity index (χ3n) is 3.78. The van der Waals surface area contributed by atoms with Crippen molar-refractivity contribution in [3.8, 4) is 0 Å². The maximum Gasteiger partial charge on any atom is 0.186 e. The van der Waals surface area contributed by atoms with Gasteiger partial charge in [-0.05, 0) is 12.8 Å². The molecule has 0 saturated carbocycles. The molecule has 0 aromatic carbocycles. The van der Waals surface area contributed by atoms with E-state index < -0.39 is 0 Å². The number of ether oxygens (including phenoxy) is 1. The molecule has 0 atom stereocenters. The van der Waals surface area contributed by atoms with E-state index in [1.165, 1.54) is 0 Å². The Balaban J connectivity index is 1.90. The number of anilines is 1. The number of rotatable bonds is 1. The summed E-state index contributed by atoms with van der Waals surface area (Å²) in [7, 11) is 0. The molecule has 0 unspecified atom stereocenters. The number of morpholine rings is 1. The summed E-state index contributed by atoms with van der Waals surface area (Å²) in [6, 6.07) is 0. The van der Waals surface area contributed by atoms with Crippen LogP contribution >= 0.6 is 11.3 Å². The number of hydrogen-bond acceptors (Lipinski definition) is 5. The first-order chi connectivity index (χ1) is 8.58. The van der Waals surface area contributed by atoms with Crippen LogP contribution in [0.2, 0.25) is 0 Å². The van der Waals surface area contributed by atoms with E-state index in [9.17, 15) is 4.79 Å². The molecule has 0 spiro atoms. The lowest BCUT2D eigenvalue weighted by molar-refractivity contribution is 0.0815. The molecule has 0 N–H and O–H groups in total. The number of thiazole rings is 1. The molecule has 1 fully saturated rings. The molecule has 1 aliphatic carbocycles. The molecule has 3 rings (SSSR count). The minimum atomic E-state index is -0.220. The van der Waals surface area contributed by atoms with Crippen LogP contribution in [0.15, 0.2) is 0 Å². The molecule has 0 bridgehead atoms. The van der Waals surface area contributed by atoms with Crippen LogP contribution in [0, 0.1) is 5.41 Å². The number of carbonyl (C=O) groups is 1. The van der Waals surface area contributed by atoms with Crippen molar-refractivity contribution < 1.29 is 9.53 Å². The Morgan fingerprint density at radius 3 is 2.78 bits per heavy atom. The van der Waals surface area contributed by atoms with E-state index in [2.05, 4.69) is 9.88 Å². The van der Waals surface area contributed by atoms with Crippen LogP contribution in [0.1, 0.15) is 35.6 Å². The van der Waals surface area contributed by atoms with Crippen molar-refractivity contribution in [3.63, 3.8) is 0 Å². The number of hydrogen-bond donors (Lipinski definition) is 0. The average molecular weight is 266 g/mol. The van der Waals surface area contributed by atoms with Gasteiger partial charge in [0.15, 0.2) is 10.9 Å². The van der Waals surface area contributed by atoms with Crippen molar-refractivity contribution in [2.24, 2.45) is 5.41 Å². The molecule has 5 heteroatoms. The van der Waals surface area contributed by atoms with Crippen LogP contribution in [-0.4, -0.2) is 37.1 Å². The zero-order valence-corrected chi connectivity index (χ0v) is 11.7. The van der Waals surface area contributed by atoms with Crippen LogP contribution in [0.25, 0.3) is 0 Å². The lowest BCUT2D eigenvalue weighted by Crippen LogP contribution is -2.36. The first-order valence-electron chi connectivity index (χ1n) is 6.45. The Bertz CT molecular complexity index is 475. The monoisotopic (exact) mass is 266 g/mol. The second-order valence-electron chi connectivity index (χ2n) is 5.58. The number of ketones is 1. The molecule has 18 heavy (non-hydrogen) atoms. The number of fused-ring (bicyclic) bond motifs is 1. The molecular formula is C13H18N2O2S. The van der Waals surface area contributed by atoms with Gasteiger partial charge in [0, 0.05) is 18.5 Å². The van der Waals surface area contributed by atoms with Crippen LogP contribution in [-0.2, 0) is 11.2 Å². The Morgan fingerprint density at radius 2 is 2.06 bits per heavy atom. The van der Waals surface area contributed by atoms with Crippen LogP contribution in [0.5, 0.6) is 0 Å². The molecule has 0 amide bonds. The summed E-state index contributed by atoms with van der Waals surface area (Å²) in [5.74, 6) is 0.265. The Labute approximate surface area is 111 Å². The highest BCUT2D eigenvalue weighted by Crippen LogP contribution is 2.39. The fraction of sp³-hybridized carbons (Fsp3) is 0.692. The summed E-state index contributed by atoms with van der Waals surface area (Å²) in [6.45, 7) is 7.33. The second-order valence-corrected chi connectivity index (χ2v) is 6.56. The number of nitrogens with zero attached hydrogens (tertiary/aromatic N) is 2. The molecule has 2 aliphatic rings. The zero-order valence-electron chi connectivity index (χ0n) is 10.9. The van der Waals surface area contributed by atoms with E-state index in [-0.39, 0.29) is 11.2 Å². The highest BCUT2D eigenvalue weighted by molar-refractivity contribution is 7.17. The largest absolute Gasteiger partial charge is 0.378 e. The summed E-state index contributed by atoms with van der Waals surface area (Å²) in [5, 5.41) is 0.995. The van der Waals surface area contributed by atoms with Gasteiger partial charge in [-0.2, -0.15) is 0 Å². The van der Waals surface area contributed by atoms with Gasteiger partial charge < -0.3 is 9.64 Å². The van der Waals surface area contributed by atoms with Gasteiger partial charge in [0.1, 0.15) is 0 Å². The maximum absolute atomic E-state index is 12.4. The maximum atomic E-state index is 12.4. The van der Waals surface area contributed by atoms with E-state index in [0.717, 1.165) is 54.8 Å². The minimum absolute atomic E-state index is 0.220. The topological polar surface area (TPSA) is 42.4 Å². The van der Waals surface area contributed by atoms with Crippen LogP contribution in [0.3, 0.4) is 0 Å². The molecule has 0 radical (unpaired) electrons. The summed E-state index contributed by atoms with van der Waals surface area (Å²) in [4.78, 5) is 20.1. The normalized spacial score (nSPS) is 23.0. The molecular weight excluding hydrogens is 248 g/mol. The fourth-order valence-corrected chi connectivity index (χ4v) is 3.71. The highest BCUT2D eigenvalue weighted by Gasteiger charge is 2.37. The van der Waals surface area contributed by atoms with Gasteiger partial charge in [-0.25, -0.2) is 4.98 Å². The van der Waals surface area contributed by atoms with Crippen molar-refractivity contribution in [3.05, 3.63) is 10.6 Å². The van der Waals surface area contributed by atoms with Gasteiger partial charge in [-0.1, -0.05) is 25.2 Å². The SMILES string of the molecule is CC1(C)CCc2nc(N3CCOCC3)sc2C1=O. The van der Waals surface area contributed by atoms with Crippen molar-refractivity contribution in [1.82, 2.24) is 4.98 Å². The first-order valence-corrected chi connectivity index (χ1v) is 7.27. The lowest BCUT2D eigenvalue weighted by Gasteiger charge is -2.26. The Kier molecular flexibility index (Phi) is 2.90. The van der Waals surface area contributed by atoms with Gasteiger partial charge in [0.25, 0.3) is 0 Å². The quantitative estimate of drug-likeness (QED) is 0.781. The van der Waals surface area contributed by atoms with E-state index in [1.807, 2.05) is 13.8 Å². The third kappa shape index (κ3) is 1.95. The van der Waals surface area contributed by atoms with Crippen molar-refractivity contribution >= 4 is 22.3 Å². The zero-order chi connectivity index (χ0) is 12.8. The third-order valence-corrected chi connectivity index (χ3v) is 4.93. The van der Waals surface area contributed by atoms with Crippen LogP contribution in [0.4, 0.5) is 5.13 Å². The number of carbonyl (C=O) groups excluding carboxylic acids is 1. The number of Topliss-reactive ketones (excluding diaryl/α,β-unsaturated/α-hetero) is 1. The molecule has 1 aromatic rings. The Morgan fingerprint density at radius 1 is 1.33 bits per heavy atom. The summed E-state index contributed by atoms with van der Waals surface area (Å²) >= 11 is 1.56. The molecule has 2 heterocycles. The smallest absolute Gasteiger partial charge is 0.186 e. The number of aryl methyl sites for hydroxylation is 1. The predicted octanol–water partition coefficient (Wildman–Crippen LogP) is 2.13. The lowest BCUT2D eigenvalue weighted by atomic mass is 9.78. The van der Waals surface area contributed by atoms with Gasteiger partial charge in [0.2, 0.25) is 0 Å². The molecule has 1 aromatic heterocycles. The van der Waals surface area contributed by atoms with Crippen molar-refractivity contribution in [2.75, 3.05) is 31.2 Å². The Hall–Kier alpha value is -0.940. The molecule has 4 nitrogen and oxygen atoms in total. The second kappa shape index (κ2) is 4.31. The summed E-state index contributed by atoms with van der Waals surface area (Å²) < 4.78 is 5.35. The average Bonchev–Trinajstić information content (AvgIpc) is 2.80. The van der Waals surface area contributed by atoms with Crippen molar-refractivity contribution in [2.45, 2.75) is 26.7 Å². The molecule has 98 valence electrons. The fourth-order valence-electron chi connectivity index (χ4n) is 2.43. The minimum Gasteiger partial charge on any atom is -0.378 e. The van der Waals surface area contributed by atoms with E-state index in [0.29, 0.717) is 0 Å². The summed E-state index contributed by atoms with van der Waals surface area (Å²) in [6.07, 6.45) is 1.83. The molecule has 1 aliphatic heterocycles. The van der Waals surface area contributed by atoms with Crippen LogP contribution < -0.4 is 4.90 Å². The highest BCUT2D eigenvalue weighted by atomic mass is 32.1. The van der Waals surface area contributed by atoms with E-state index in [4.69, 9.17) is 4.74 Å². The standard InChI is InChI=1S/C13H18N2O2S/c1-13(2)4-3-9-10(11(13)16)18-12(14-9)15-5-7-17-8-6-15/h3-8H2,1-2H3. The van der Waals surface area contributed by atoms with Gasteiger partial charge in [0.05, 0.1) is 23.8 Å². The first kappa shape index (κ1) is 12.1. The van der Waals surface area contributed by atoms with Gasteiger partial charge in [-0.15, -0.1) is 0 Å². The van der Waals surface area contributed by atoms with Gasteiger partial charge >= 0.3 is 0 Å². The van der Waals surface area contributed by atoms with Crippen molar-refractivity contribution in [1.29, 1.82) is 0 Å². The van der Waals surface area contributed by atoms with E-state index in [1.54, 1.807) is 11.3 Å². The number of aromatic nitrogens is 1.